The van der Waals surface area contributed by atoms with Gasteiger partial charge in [-0.15, -0.1) is 0 Å². The molecular formula is C15H16FN3O. The summed E-state index contributed by atoms with van der Waals surface area (Å²) in [6.07, 6.45) is 3.29. The Kier molecular flexibility index (Phi) is 3.79. The lowest BCUT2D eigenvalue weighted by Gasteiger charge is -2.24. The summed E-state index contributed by atoms with van der Waals surface area (Å²) >= 11 is 0. The summed E-state index contributed by atoms with van der Waals surface area (Å²) in [5.41, 5.74) is 0.520. The Morgan fingerprint density at radius 1 is 1.35 bits per heavy atom. The number of benzene rings is 1. The van der Waals surface area contributed by atoms with Gasteiger partial charge in [-0.3, -0.25) is 4.79 Å². The van der Waals surface area contributed by atoms with E-state index in [1.54, 1.807) is 12.1 Å². The zero-order valence-electron chi connectivity index (χ0n) is 11.5. The highest BCUT2D eigenvalue weighted by Gasteiger charge is 2.30. The minimum Gasteiger partial charge on any atom is -0.292 e. The van der Waals surface area contributed by atoms with Crippen LogP contribution in [0.15, 0.2) is 43.5 Å². The third-order valence-electron chi connectivity index (χ3n) is 3.13. The molecular weight excluding hydrogens is 257 g/mol. The van der Waals surface area contributed by atoms with E-state index in [1.165, 1.54) is 29.5 Å². The molecule has 0 aliphatic heterocycles. The summed E-state index contributed by atoms with van der Waals surface area (Å²) < 4.78 is 14.2. The fourth-order valence-corrected chi connectivity index (χ4v) is 2.04. The fourth-order valence-electron chi connectivity index (χ4n) is 2.04. The lowest BCUT2D eigenvalue weighted by atomic mass is 9.80. The number of carbonyl (C=O) groups excluding carboxylic acids is 1. The molecule has 0 atom stereocenters. The second kappa shape index (κ2) is 5.36. The van der Waals surface area contributed by atoms with E-state index in [2.05, 4.69) is 16.7 Å². The number of nitrogens with zero attached hydrogens (tertiary/aromatic N) is 3. The summed E-state index contributed by atoms with van der Waals surface area (Å²) in [6, 6.07) is 6.15. The first-order valence-electron chi connectivity index (χ1n) is 6.23. The highest BCUT2D eigenvalue weighted by Crippen LogP contribution is 2.27. The number of allylic oxidation sites excluding steroid dienone is 1. The quantitative estimate of drug-likeness (QED) is 0.787. The number of ketones is 1. The zero-order chi connectivity index (χ0) is 14.8. The minimum absolute atomic E-state index is 0.118. The van der Waals surface area contributed by atoms with E-state index in [1.807, 2.05) is 13.8 Å². The minimum atomic E-state index is -0.652. The molecule has 0 aliphatic carbocycles. The van der Waals surface area contributed by atoms with Gasteiger partial charge in [-0.2, -0.15) is 5.10 Å². The lowest BCUT2D eigenvalue weighted by Crippen LogP contribution is -2.29. The van der Waals surface area contributed by atoms with E-state index in [-0.39, 0.29) is 17.3 Å². The largest absolute Gasteiger partial charge is 0.292 e. The first-order chi connectivity index (χ1) is 9.40. The van der Waals surface area contributed by atoms with Crippen LogP contribution in [0.25, 0.3) is 5.70 Å². The van der Waals surface area contributed by atoms with Gasteiger partial charge >= 0.3 is 0 Å². The van der Waals surface area contributed by atoms with Crippen molar-refractivity contribution < 1.29 is 9.18 Å². The number of hydrogen-bond acceptors (Lipinski definition) is 3. The third kappa shape index (κ3) is 2.99. The maximum atomic E-state index is 12.9. The molecule has 1 aromatic heterocycles. The van der Waals surface area contributed by atoms with Gasteiger partial charge in [-0.1, -0.05) is 32.6 Å². The van der Waals surface area contributed by atoms with Crippen LogP contribution < -0.4 is 0 Å². The van der Waals surface area contributed by atoms with Crippen molar-refractivity contribution in [3.8, 4) is 0 Å². The number of Topliss-reactive ketones (excluding diaryl/α,β-unsaturated/α-hetero) is 1. The van der Waals surface area contributed by atoms with Gasteiger partial charge in [0.25, 0.3) is 0 Å². The molecule has 0 unspecified atom stereocenters. The van der Waals surface area contributed by atoms with Crippen LogP contribution in [0.1, 0.15) is 19.4 Å². The molecule has 0 radical (unpaired) electrons. The number of aromatic nitrogens is 3. The van der Waals surface area contributed by atoms with E-state index >= 15 is 0 Å². The maximum Gasteiger partial charge on any atom is 0.186 e. The van der Waals surface area contributed by atoms with Crippen LogP contribution in [-0.2, 0) is 11.2 Å². The highest BCUT2D eigenvalue weighted by atomic mass is 19.1. The van der Waals surface area contributed by atoms with Gasteiger partial charge in [0, 0.05) is 5.41 Å². The third-order valence-corrected chi connectivity index (χ3v) is 3.13. The highest BCUT2D eigenvalue weighted by molar-refractivity contribution is 6.16. The fraction of sp³-hybridized carbons (Fsp3) is 0.267. The van der Waals surface area contributed by atoms with Gasteiger partial charge in [0.1, 0.15) is 24.2 Å². The van der Waals surface area contributed by atoms with Gasteiger partial charge < -0.3 is 0 Å². The van der Waals surface area contributed by atoms with Crippen LogP contribution >= 0.6 is 0 Å². The molecule has 0 bridgehead atoms. The van der Waals surface area contributed by atoms with Crippen LogP contribution in [0.4, 0.5) is 4.39 Å². The van der Waals surface area contributed by atoms with Gasteiger partial charge in [0.2, 0.25) is 0 Å². The second-order valence-corrected chi connectivity index (χ2v) is 5.30. The number of rotatable bonds is 5. The molecule has 0 saturated heterocycles. The normalized spacial score (nSPS) is 11.3. The first kappa shape index (κ1) is 14.1. The van der Waals surface area contributed by atoms with Crippen molar-refractivity contribution in [2.45, 2.75) is 20.3 Å². The molecule has 104 valence electrons. The molecule has 0 fully saturated rings. The van der Waals surface area contributed by atoms with Crippen LogP contribution in [0.3, 0.4) is 0 Å². The second-order valence-electron chi connectivity index (χ2n) is 5.30. The van der Waals surface area contributed by atoms with E-state index in [0.29, 0.717) is 6.42 Å². The van der Waals surface area contributed by atoms with Crippen LogP contribution in [0.5, 0.6) is 0 Å². The average molecular weight is 273 g/mol. The van der Waals surface area contributed by atoms with Crippen molar-refractivity contribution in [2.75, 3.05) is 0 Å². The standard InChI is InChI=1S/C15H16FN3O/c1-11(19-10-17-9-18-19)14(20)15(2,3)8-12-4-6-13(16)7-5-12/h4-7,9-10H,1,8H2,2-3H3. The molecule has 5 heteroatoms. The van der Waals surface area contributed by atoms with Gasteiger partial charge in [-0.25, -0.2) is 14.1 Å². The molecule has 20 heavy (non-hydrogen) atoms. The summed E-state index contributed by atoms with van der Waals surface area (Å²) in [5, 5.41) is 3.90. The van der Waals surface area contributed by atoms with E-state index < -0.39 is 5.41 Å². The monoisotopic (exact) mass is 273 g/mol. The van der Waals surface area contributed by atoms with Crippen molar-refractivity contribution in [3.05, 3.63) is 54.9 Å². The van der Waals surface area contributed by atoms with Gasteiger partial charge in [-0.05, 0) is 24.1 Å². The zero-order valence-corrected chi connectivity index (χ0v) is 11.5. The molecule has 2 aromatic rings. The number of hydrogen-bond donors (Lipinski definition) is 0. The van der Waals surface area contributed by atoms with Crippen LogP contribution in [0, 0.1) is 11.2 Å². The Labute approximate surface area is 117 Å². The van der Waals surface area contributed by atoms with Crippen molar-refractivity contribution in [3.63, 3.8) is 0 Å². The lowest BCUT2D eigenvalue weighted by molar-refractivity contribution is -0.121. The Hall–Kier alpha value is -2.30. The van der Waals surface area contributed by atoms with Crippen LogP contribution in [0.2, 0.25) is 0 Å². The molecule has 1 aromatic carbocycles. The van der Waals surface area contributed by atoms with Crippen LogP contribution in [-0.4, -0.2) is 20.5 Å². The molecule has 2 rings (SSSR count). The van der Waals surface area contributed by atoms with Gasteiger partial charge in [0.05, 0.1) is 0 Å². The van der Waals surface area contributed by atoms with Crippen molar-refractivity contribution in [1.82, 2.24) is 14.8 Å². The number of carbonyl (C=O) groups is 1. The smallest absolute Gasteiger partial charge is 0.186 e. The van der Waals surface area contributed by atoms with E-state index in [4.69, 9.17) is 0 Å². The Morgan fingerprint density at radius 2 is 2.00 bits per heavy atom. The SMILES string of the molecule is C=C(C(=O)C(C)(C)Cc1ccc(F)cc1)n1cncn1. The van der Waals surface area contributed by atoms with Crippen molar-refractivity contribution in [2.24, 2.45) is 5.41 Å². The summed E-state index contributed by atoms with van der Waals surface area (Å²) in [7, 11) is 0. The molecule has 0 N–H and O–H groups in total. The molecule has 0 aliphatic rings. The molecule has 1 heterocycles. The Balaban J connectivity index is 2.15. The molecule has 4 nitrogen and oxygen atoms in total. The summed E-state index contributed by atoms with van der Waals surface area (Å²) in [4.78, 5) is 16.3. The van der Waals surface area contributed by atoms with E-state index in [0.717, 1.165) is 5.56 Å². The Morgan fingerprint density at radius 3 is 2.55 bits per heavy atom. The molecule has 0 saturated carbocycles. The molecule has 0 spiro atoms. The summed E-state index contributed by atoms with van der Waals surface area (Å²) in [6.45, 7) is 7.44. The molecule has 0 amide bonds. The number of halogens is 1. The average Bonchev–Trinajstić information content (AvgIpc) is 2.93. The Bertz CT molecular complexity index is 615. The predicted octanol–water partition coefficient (Wildman–Crippen LogP) is 2.73. The van der Waals surface area contributed by atoms with Gasteiger partial charge in [0.15, 0.2) is 5.78 Å². The predicted molar refractivity (Wildman–Crippen MR) is 74.2 cm³/mol. The topological polar surface area (TPSA) is 47.8 Å². The van der Waals surface area contributed by atoms with E-state index in [9.17, 15) is 9.18 Å². The maximum absolute atomic E-state index is 12.9. The first-order valence-corrected chi connectivity index (χ1v) is 6.23. The van der Waals surface area contributed by atoms with Crippen molar-refractivity contribution >= 4 is 11.5 Å². The van der Waals surface area contributed by atoms with Crippen molar-refractivity contribution in [1.29, 1.82) is 0 Å². The summed E-state index contributed by atoms with van der Waals surface area (Å²) in [5.74, 6) is -0.405.